The highest BCUT2D eigenvalue weighted by Gasteiger charge is 2.15. The molecule has 2 heterocycles. The maximum Gasteiger partial charge on any atom is 0.224 e. The van der Waals surface area contributed by atoms with Crippen LogP contribution in [0.1, 0.15) is 17.5 Å². The summed E-state index contributed by atoms with van der Waals surface area (Å²) >= 11 is 6.04. The van der Waals surface area contributed by atoms with Gasteiger partial charge in [-0.1, -0.05) is 41.9 Å². The highest BCUT2D eigenvalue weighted by molar-refractivity contribution is 6.30. The van der Waals surface area contributed by atoms with Crippen molar-refractivity contribution in [2.24, 2.45) is 0 Å². The summed E-state index contributed by atoms with van der Waals surface area (Å²) in [5.74, 6) is -0.0283. The minimum atomic E-state index is -0.0283. The van der Waals surface area contributed by atoms with Gasteiger partial charge in [0.1, 0.15) is 0 Å². The highest BCUT2D eigenvalue weighted by atomic mass is 35.5. The molecular weight excluding hydrogens is 410 g/mol. The first kappa shape index (κ1) is 20.9. The van der Waals surface area contributed by atoms with E-state index in [1.165, 1.54) is 0 Å². The SMILES string of the molecule is Cc1cnn(CCCNC(=O)Cc2cn(-c3ccccc3)nc2-c2ccc(Cl)cc2)c1. The van der Waals surface area contributed by atoms with Crippen molar-refractivity contribution in [1.82, 2.24) is 24.9 Å². The lowest BCUT2D eigenvalue weighted by Gasteiger charge is -2.06. The highest BCUT2D eigenvalue weighted by Crippen LogP contribution is 2.25. The number of halogens is 1. The van der Waals surface area contributed by atoms with Gasteiger partial charge < -0.3 is 5.32 Å². The van der Waals surface area contributed by atoms with Crippen molar-refractivity contribution in [3.8, 4) is 16.9 Å². The average molecular weight is 434 g/mol. The maximum atomic E-state index is 12.6. The van der Waals surface area contributed by atoms with Gasteiger partial charge in [-0.15, -0.1) is 0 Å². The van der Waals surface area contributed by atoms with Crippen molar-refractivity contribution >= 4 is 17.5 Å². The fourth-order valence-electron chi connectivity index (χ4n) is 3.40. The number of rotatable bonds is 8. The zero-order chi connectivity index (χ0) is 21.6. The van der Waals surface area contributed by atoms with Crippen molar-refractivity contribution in [3.63, 3.8) is 0 Å². The zero-order valence-electron chi connectivity index (χ0n) is 17.3. The summed E-state index contributed by atoms with van der Waals surface area (Å²) in [6.07, 6.45) is 6.83. The molecule has 7 heteroatoms. The summed E-state index contributed by atoms with van der Waals surface area (Å²) in [6, 6.07) is 17.4. The largest absolute Gasteiger partial charge is 0.356 e. The molecule has 0 radical (unpaired) electrons. The molecule has 0 aliphatic heterocycles. The van der Waals surface area contributed by atoms with Gasteiger partial charge in [-0.2, -0.15) is 10.2 Å². The Morgan fingerprint density at radius 1 is 1.06 bits per heavy atom. The van der Waals surface area contributed by atoms with Crippen molar-refractivity contribution in [1.29, 1.82) is 0 Å². The normalized spacial score (nSPS) is 10.9. The number of para-hydroxylation sites is 1. The first-order chi connectivity index (χ1) is 15.1. The number of aromatic nitrogens is 4. The van der Waals surface area contributed by atoms with E-state index in [4.69, 9.17) is 16.7 Å². The molecule has 4 rings (SSSR count). The van der Waals surface area contributed by atoms with E-state index in [0.29, 0.717) is 11.6 Å². The summed E-state index contributed by atoms with van der Waals surface area (Å²) in [5, 5.41) is 12.7. The van der Waals surface area contributed by atoms with E-state index >= 15 is 0 Å². The summed E-state index contributed by atoms with van der Waals surface area (Å²) in [6.45, 7) is 3.39. The van der Waals surface area contributed by atoms with Crippen LogP contribution in [0.3, 0.4) is 0 Å². The van der Waals surface area contributed by atoms with Crippen molar-refractivity contribution in [3.05, 3.63) is 89.3 Å². The van der Waals surface area contributed by atoms with Crippen LogP contribution in [0, 0.1) is 6.92 Å². The Labute approximate surface area is 186 Å². The first-order valence-corrected chi connectivity index (χ1v) is 10.6. The number of nitrogens with zero attached hydrogens (tertiary/aromatic N) is 4. The third-order valence-corrected chi connectivity index (χ3v) is 5.18. The minimum absolute atomic E-state index is 0.0283. The molecule has 0 saturated heterocycles. The van der Waals surface area contributed by atoms with Crippen LogP contribution in [0.5, 0.6) is 0 Å². The van der Waals surface area contributed by atoms with E-state index in [-0.39, 0.29) is 12.3 Å². The summed E-state index contributed by atoms with van der Waals surface area (Å²) < 4.78 is 3.70. The number of hydrogen-bond donors (Lipinski definition) is 1. The first-order valence-electron chi connectivity index (χ1n) is 10.2. The van der Waals surface area contributed by atoms with Crippen LogP contribution in [0.15, 0.2) is 73.2 Å². The van der Waals surface area contributed by atoms with E-state index in [0.717, 1.165) is 41.0 Å². The number of hydrogen-bond acceptors (Lipinski definition) is 3. The average Bonchev–Trinajstić information content (AvgIpc) is 3.39. The molecule has 2 aromatic carbocycles. The quantitative estimate of drug-likeness (QED) is 0.417. The summed E-state index contributed by atoms with van der Waals surface area (Å²) in [7, 11) is 0. The van der Waals surface area contributed by atoms with Crippen molar-refractivity contribution in [2.45, 2.75) is 26.3 Å². The maximum absolute atomic E-state index is 12.6. The van der Waals surface area contributed by atoms with Crippen LogP contribution in [0.4, 0.5) is 0 Å². The van der Waals surface area contributed by atoms with Gasteiger partial charge in [-0.3, -0.25) is 9.48 Å². The number of carbonyl (C=O) groups is 1. The molecule has 0 aliphatic carbocycles. The third kappa shape index (κ3) is 5.41. The lowest BCUT2D eigenvalue weighted by Crippen LogP contribution is -2.27. The van der Waals surface area contributed by atoms with Gasteiger partial charge in [0.15, 0.2) is 0 Å². The van der Waals surface area contributed by atoms with Gasteiger partial charge >= 0.3 is 0 Å². The van der Waals surface area contributed by atoms with E-state index < -0.39 is 0 Å². The molecule has 4 aromatic rings. The Morgan fingerprint density at radius 3 is 2.55 bits per heavy atom. The second-order valence-corrected chi connectivity index (χ2v) is 7.89. The smallest absolute Gasteiger partial charge is 0.224 e. The molecular formula is C24H24ClN5O. The molecule has 2 aromatic heterocycles. The van der Waals surface area contributed by atoms with E-state index in [2.05, 4.69) is 10.4 Å². The third-order valence-electron chi connectivity index (χ3n) is 4.93. The molecule has 158 valence electrons. The Balaban J connectivity index is 1.46. The Morgan fingerprint density at radius 2 is 1.84 bits per heavy atom. The monoisotopic (exact) mass is 433 g/mol. The second-order valence-electron chi connectivity index (χ2n) is 7.45. The van der Waals surface area contributed by atoms with Crippen LogP contribution in [-0.2, 0) is 17.8 Å². The lowest BCUT2D eigenvalue weighted by molar-refractivity contribution is -0.120. The molecule has 0 atom stereocenters. The molecule has 0 fully saturated rings. The number of nitrogens with one attached hydrogen (secondary N) is 1. The number of benzene rings is 2. The van der Waals surface area contributed by atoms with Crippen LogP contribution >= 0.6 is 11.6 Å². The van der Waals surface area contributed by atoms with Crippen LogP contribution in [-0.4, -0.2) is 32.0 Å². The number of aryl methyl sites for hydroxylation is 2. The van der Waals surface area contributed by atoms with Gasteiger partial charge in [0, 0.05) is 41.6 Å². The molecule has 6 nitrogen and oxygen atoms in total. The predicted molar refractivity (Wildman–Crippen MR) is 122 cm³/mol. The number of amides is 1. The predicted octanol–water partition coefficient (Wildman–Crippen LogP) is 4.45. The fraction of sp³-hybridized carbons (Fsp3) is 0.208. The molecule has 1 amide bonds. The lowest BCUT2D eigenvalue weighted by atomic mass is 10.1. The topological polar surface area (TPSA) is 64.7 Å². The van der Waals surface area contributed by atoms with Gasteiger partial charge in [-0.05, 0) is 43.2 Å². The van der Waals surface area contributed by atoms with Crippen molar-refractivity contribution in [2.75, 3.05) is 6.54 Å². The Kier molecular flexibility index (Phi) is 6.48. The van der Waals surface area contributed by atoms with Gasteiger partial charge in [0.05, 0.1) is 24.0 Å². The van der Waals surface area contributed by atoms with Gasteiger partial charge in [-0.25, -0.2) is 4.68 Å². The zero-order valence-corrected chi connectivity index (χ0v) is 18.1. The molecule has 0 aliphatic rings. The molecule has 0 saturated carbocycles. The number of carbonyl (C=O) groups excluding carboxylic acids is 1. The fourth-order valence-corrected chi connectivity index (χ4v) is 3.52. The van der Waals surface area contributed by atoms with E-state index in [9.17, 15) is 4.79 Å². The minimum Gasteiger partial charge on any atom is -0.356 e. The van der Waals surface area contributed by atoms with E-state index in [1.54, 1.807) is 0 Å². The van der Waals surface area contributed by atoms with Crippen LogP contribution < -0.4 is 5.32 Å². The molecule has 0 spiro atoms. The Bertz CT molecular complexity index is 1150. The van der Waals surface area contributed by atoms with Gasteiger partial charge in [0.25, 0.3) is 0 Å². The summed E-state index contributed by atoms with van der Waals surface area (Å²) in [5.41, 5.74) is 4.65. The molecule has 0 bridgehead atoms. The van der Waals surface area contributed by atoms with Crippen LogP contribution in [0.25, 0.3) is 16.9 Å². The molecule has 31 heavy (non-hydrogen) atoms. The van der Waals surface area contributed by atoms with E-state index in [1.807, 2.05) is 89.5 Å². The Hall–Kier alpha value is -3.38. The standard InChI is InChI=1S/C24H24ClN5O/c1-18-15-27-29(16-18)13-5-12-26-23(31)14-20-17-30(22-6-3-2-4-7-22)28-24(20)19-8-10-21(25)11-9-19/h2-4,6-11,15-17H,5,12-14H2,1H3,(H,26,31). The van der Waals surface area contributed by atoms with Gasteiger partial charge in [0.2, 0.25) is 5.91 Å². The van der Waals surface area contributed by atoms with Crippen molar-refractivity contribution < 1.29 is 4.79 Å². The molecule has 1 N–H and O–H groups in total. The molecule has 0 unspecified atom stereocenters. The summed E-state index contributed by atoms with van der Waals surface area (Å²) in [4.78, 5) is 12.6. The second kappa shape index (κ2) is 9.62. The van der Waals surface area contributed by atoms with Crippen LogP contribution in [0.2, 0.25) is 5.02 Å².